The van der Waals surface area contributed by atoms with E-state index in [-0.39, 0.29) is 5.41 Å². The molecule has 1 aliphatic carbocycles. The molecule has 0 bridgehead atoms. The number of nitrogens with one attached hydrogen (secondary N) is 2. The molecular weight excluding hydrogens is 392 g/mol. The summed E-state index contributed by atoms with van der Waals surface area (Å²) >= 11 is 0. The Kier molecular flexibility index (Phi) is 8.58. The molecule has 2 fully saturated rings. The summed E-state index contributed by atoms with van der Waals surface area (Å²) in [6.07, 6.45) is 4.78. The first-order chi connectivity index (χ1) is 15.0. The van der Waals surface area contributed by atoms with Gasteiger partial charge in [-0.15, -0.1) is 0 Å². The van der Waals surface area contributed by atoms with E-state index >= 15 is 0 Å². The van der Waals surface area contributed by atoms with Crippen LogP contribution in [-0.2, 0) is 10.2 Å². The van der Waals surface area contributed by atoms with E-state index in [1.54, 1.807) is 7.11 Å². The van der Waals surface area contributed by atoms with Gasteiger partial charge in [0, 0.05) is 38.1 Å². The Morgan fingerprint density at radius 2 is 2.00 bits per heavy atom. The molecule has 1 atom stereocenters. The fourth-order valence-corrected chi connectivity index (χ4v) is 4.71. The topological polar surface area (TPSA) is 78.4 Å². The molecule has 1 unspecified atom stereocenters. The number of nitrogens with zero attached hydrogens (tertiary/aromatic N) is 2. The maximum atomic E-state index is 10.9. The normalized spacial score (nSPS) is 21.5. The van der Waals surface area contributed by atoms with Crippen molar-refractivity contribution >= 4 is 5.96 Å². The van der Waals surface area contributed by atoms with Crippen molar-refractivity contribution in [3.8, 4) is 5.75 Å². The highest BCUT2D eigenvalue weighted by molar-refractivity contribution is 5.80. The zero-order chi connectivity index (χ0) is 22.2. The molecule has 0 amide bonds. The van der Waals surface area contributed by atoms with Crippen molar-refractivity contribution in [1.82, 2.24) is 15.5 Å². The molecule has 0 aromatic heterocycles. The van der Waals surface area contributed by atoms with E-state index in [4.69, 9.17) is 14.5 Å². The van der Waals surface area contributed by atoms with Gasteiger partial charge in [0.15, 0.2) is 5.96 Å². The predicted octanol–water partition coefficient (Wildman–Crippen LogP) is 2.15. The van der Waals surface area contributed by atoms with Gasteiger partial charge >= 0.3 is 0 Å². The molecule has 2 aliphatic rings. The van der Waals surface area contributed by atoms with Gasteiger partial charge in [0.1, 0.15) is 5.75 Å². The molecule has 1 heterocycles. The molecule has 1 saturated carbocycles. The smallest absolute Gasteiger partial charge is 0.191 e. The maximum Gasteiger partial charge on any atom is 0.191 e. The molecule has 31 heavy (non-hydrogen) atoms. The fourth-order valence-electron chi connectivity index (χ4n) is 4.71. The molecule has 1 aromatic carbocycles. The third kappa shape index (κ3) is 6.82. The minimum absolute atomic E-state index is 0.0844. The third-order valence-corrected chi connectivity index (χ3v) is 6.43. The summed E-state index contributed by atoms with van der Waals surface area (Å²) in [7, 11) is 1.72. The zero-order valence-corrected chi connectivity index (χ0v) is 19.5. The number of β-amino-alcohol motifs (C(OH)–C–C–N with tert-alkyl or cyclic N) is 1. The average Bonchev–Trinajstić information content (AvgIpc) is 3.26. The Hall–Kier alpha value is -1.83. The van der Waals surface area contributed by atoms with Crippen LogP contribution in [0.3, 0.4) is 0 Å². The van der Waals surface area contributed by atoms with Crippen LogP contribution >= 0.6 is 0 Å². The SMILES string of the molecule is CCNC(=NCC(C)(O)CN1CCOCC1)NCC1(c2cccc(OC)c2)CCCC1. The van der Waals surface area contributed by atoms with Crippen LogP contribution in [0.4, 0.5) is 0 Å². The molecule has 0 spiro atoms. The number of benzene rings is 1. The zero-order valence-electron chi connectivity index (χ0n) is 19.5. The van der Waals surface area contributed by atoms with Crippen molar-refractivity contribution in [1.29, 1.82) is 0 Å². The van der Waals surface area contributed by atoms with Gasteiger partial charge in [-0.1, -0.05) is 25.0 Å². The Morgan fingerprint density at radius 1 is 1.26 bits per heavy atom. The van der Waals surface area contributed by atoms with E-state index in [9.17, 15) is 5.11 Å². The van der Waals surface area contributed by atoms with Gasteiger partial charge in [0.2, 0.25) is 0 Å². The minimum atomic E-state index is -0.877. The summed E-state index contributed by atoms with van der Waals surface area (Å²) < 4.78 is 10.9. The number of methoxy groups -OCH3 is 1. The van der Waals surface area contributed by atoms with Crippen molar-refractivity contribution in [3.63, 3.8) is 0 Å². The van der Waals surface area contributed by atoms with Gasteiger partial charge in [-0.3, -0.25) is 9.89 Å². The van der Waals surface area contributed by atoms with E-state index in [1.807, 2.05) is 13.0 Å². The van der Waals surface area contributed by atoms with Gasteiger partial charge in [0.25, 0.3) is 0 Å². The summed E-state index contributed by atoms with van der Waals surface area (Å²) in [5.41, 5.74) is 0.533. The molecular formula is C24H40N4O3. The summed E-state index contributed by atoms with van der Waals surface area (Å²) in [6.45, 7) is 9.68. The van der Waals surface area contributed by atoms with Crippen LogP contribution in [0.15, 0.2) is 29.3 Å². The first kappa shape index (κ1) is 23.8. The van der Waals surface area contributed by atoms with Gasteiger partial charge in [-0.25, -0.2) is 0 Å². The minimum Gasteiger partial charge on any atom is -0.497 e. The standard InChI is InChI=1S/C24H40N4O3/c1-4-25-22(26-17-23(2,29)19-28-12-14-31-15-13-28)27-18-24(10-5-6-11-24)20-8-7-9-21(16-20)30-3/h7-9,16,29H,4-6,10-15,17-19H2,1-3H3,(H2,25,26,27). The number of hydrogen-bond acceptors (Lipinski definition) is 5. The van der Waals surface area contributed by atoms with E-state index < -0.39 is 5.60 Å². The average molecular weight is 433 g/mol. The number of rotatable bonds is 9. The number of guanidine groups is 1. The first-order valence-electron chi connectivity index (χ1n) is 11.7. The Morgan fingerprint density at radius 3 is 2.68 bits per heavy atom. The number of ether oxygens (including phenoxy) is 2. The van der Waals surface area contributed by atoms with Crippen molar-refractivity contribution in [2.24, 2.45) is 4.99 Å². The largest absolute Gasteiger partial charge is 0.497 e. The summed E-state index contributed by atoms with van der Waals surface area (Å²) in [5, 5.41) is 17.8. The molecule has 3 N–H and O–H groups in total. The fraction of sp³-hybridized carbons (Fsp3) is 0.708. The molecule has 174 valence electrons. The summed E-state index contributed by atoms with van der Waals surface area (Å²) in [4.78, 5) is 6.98. The van der Waals surface area contributed by atoms with Crippen LogP contribution in [0.25, 0.3) is 0 Å². The van der Waals surface area contributed by atoms with Gasteiger partial charge < -0.3 is 25.2 Å². The Balaban J connectivity index is 1.65. The lowest BCUT2D eigenvalue weighted by Gasteiger charge is -2.33. The van der Waals surface area contributed by atoms with Crippen molar-refractivity contribution in [3.05, 3.63) is 29.8 Å². The highest BCUT2D eigenvalue weighted by Gasteiger charge is 2.36. The molecule has 7 heteroatoms. The van der Waals surface area contributed by atoms with Crippen molar-refractivity contribution in [2.75, 3.05) is 59.6 Å². The Labute approximate surface area is 187 Å². The van der Waals surface area contributed by atoms with Crippen molar-refractivity contribution < 1.29 is 14.6 Å². The van der Waals surface area contributed by atoms with E-state index in [0.717, 1.165) is 63.9 Å². The first-order valence-corrected chi connectivity index (χ1v) is 11.7. The van der Waals surface area contributed by atoms with E-state index in [1.165, 1.54) is 18.4 Å². The number of aliphatic imine (C=N–C) groups is 1. The quantitative estimate of drug-likeness (QED) is 0.410. The maximum absolute atomic E-state index is 10.9. The second-order valence-electron chi connectivity index (χ2n) is 9.15. The second-order valence-corrected chi connectivity index (χ2v) is 9.15. The summed E-state index contributed by atoms with van der Waals surface area (Å²) in [6, 6.07) is 8.47. The molecule has 3 rings (SSSR count). The molecule has 1 saturated heterocycles. The van der Waals surface area contributed by atoms with Gasteiger partial charge in [-0.2, -0.15) is 0 Å². The van der Waals surface area contributed by atoms with Crippen LogP contribution in [-0.4, -0.2) is 81.2 Å². The number of morpholine rings is 1. The number of hydrogen-bond donors (Lipinski definition) is 3. The number of aliphatic hydroxyl groups is 1. The highest BCUT2D eigenvalue weighted by Crippen LogP contribution is 2.41. The van der Waals surface area contributed by atoms with E-state index in [0.29, 0.717) is 13.1 Å². The van der Waals surface area contributed by atoms with Crippen molar-refractivity contribution in [2.45, 2.75) is 50.5 Å². The molecule has 0 radical (unpaired) electrons. The van der Waals surface area contributed by atoms with Crippen LogP contribution in [0.1, 0.15) is 45.1 Å². The Bertz CT molecular complexity index is 711. The lowest BCUT2D eigenvalue weighted by molar-refractivity contribution is -0.0180. The van der Waals surface area contributed by atoms with E-state index in [2.05, 4.69) is 40.7 Å². The monoisotopic (exact) mass is 432 g/mol. The summed E-state index contributed by atoms with van der Waals surface area (Å²) in [5.74, 6) is 1.67. The van der Waals surface area contributed by atoms with Crippen LogP contribution in [0.2, 0.25) is 0 Å². The lowest BCUT2D eigenvalue weighted by Crippen LogP contribution is -2.49. The van der Waals surface area contributed by atoms with Gasteiger partial charge in [0.05, 0.1) is 32.5 Å². The van der Waals surface area contributed by atoms with Crippen LogP contribution in [0, 0.1) is 0 Å². The molecule has 7 nitrogen and oxygen atoms in total. The lowest BCUT2D eigenvalue weighted by atomic mass is 9.78. The van der Waals surface area contributed by atoms with Gasteiger partial charge in [-0.05, 0) is 44.4 Å². The highest BCUT2D eigenvalue weighted by atomic mass is 16.5. The molecule has 1 aliphatic heterocycles. The molecule has 1 aromatic rings. The van der Waals surface area contributed by atoms with Crippen LogP contribution in [0.5, 0.6) is 5.75 Å². The second kappa shape index (κ2) is 11.2. The predicted molar refractivity (Wildman–Crippen MR) is 125 cm³/mol. The van der Waals surface area contributed by atoms with Crippen LogP contribution < -0.4 is 15.4 Å². The third-order valence-electron chi connectivity index (χ3n) is 6.43.